The lowest BCUT2D eigenvalue weighted by atomic mass is 10.2. The number of nitrogens with one attached hydrogen (secondary N) is 1. The number of nitrogen functional groups attached to an aromatic ring is 1. The van der Waals surface area contributed by atoms with E-state index >= 15 is 0 Å². The van der Waals surface area contributed by atoms with Crippen LogP contribution in [-0.4, -0.2) is 4.98 Å². The molecule has 1 aromatic carbocycles. The molecule has 3 aromatic rings. The van der Waals surface area contributed by atoms with E-state index in [1.54, 1.807) is 18.3 Å². The summed E-state index contributed by atoms with van der Waals surface area (Å²) in [4.78, 5) is 4.10. The Bertz CT molecular complexity index is 820. The Kier molecular flexibility index (Phi) is 3.41. The lowest BCUT2D eigenvalue weighted by Gasteiger charge is -2.08. The van der Waals surface area contributed by atoms with Gasteiger partial charge in [0.2, 0.25) is 5.76 Å². The van der Waals surface area contributed by atoms with E-state index in [4.69, 9.17) is 20.3 Å². The fraction of sp³-hybridized carbons (Fsp3) is 0.0667. The van der Waals surface area contributed by atoms with Crippen LogP contribution in [0, 0.1) is 11.3 Å². The van der Waals surface area contributed by atoms with Crippen molar-refractivity contribution in [2.45, 2.75) is 6.61 Å². The first kappa shape index (κ1) is 13.0. The molecule has 0 radical (unpaired) electrons. The lowest BCUT2D eigenvalue weighted by Crippen LogP contribution is -2.12. The van der Waals surface area contributed by atoms with E-state index in [1.165, 1.54) is 0 Å². The summed E-state index contributed by atoms with van der Waals surface area (Å²) in [6, 6.07) is 13.0. The van der Waals surface area contributed by atoms with Crippen molar-refractivity contribution < 1.29 is 9.15 Å². The molecule has 0 fully saturated rings. The topological polar surface area (TPSA) is 97.1 Å². The number of nitriles is 1. The van der Waals surface area contributed by atoms with E-state index in [0.717, 1.165) is 10.9 Å². The van der Waals surface area contributed by atoms with Crippen LogP contribution in [0.3, 0.4) is 0 Å². The zero-order valence-corrected chi connectivity index (χ0v) is 11.0. The summed E-state index contributed by atoms with van der Waals surface area (Å²) in [5.74, 6) is 6.52. The van der Waals surface area contributed by atoms with Crippen LogP contribution in [0.1, 0.15) is 11.3 Å². The molecule has 0 unspecified atom stereocenters. The maximum Gasteiger partial charge on any atom is 0.246 e. The first-order chi connectivity index (χ1) is 10.3. The van der Waals surface area contributed by atoms with Crippen LogP contribution >= 0.6 is 0 Å². The second kappa shape index (κ2) is 5.53. The predicted octanol–water partition coefficient (Wildman–Crippen LogP) is 2.56. The molecule has 2 aromatic heterocycles. The van der Waals surface area contributed by atoms with Gasteiger partial charge < -0.3 is 14.6 Å². The molecule has 0 aliphatic rings. The summed E-state index contributed by atoms with van der Waals surface area (Å²) in [5, 5.41) is 9.91. The molecule has 2 heterocycles. The van der Waals surface area contributed by atoms with Crippen molar-refractivity contribution in [2.24, 2.45) is 5.84 Å². The molecule has 21 heavy (non-hydrogen) atoms. The Morgan fingerprint density at radius 2 is 2.14 bits per heavy atom. The average Bonchev–Trinajstić information content (AvgIpc) is 2.91. The molecular weight excluding hydrogens is 268 g/mol. The number of anilines is 1. The van der Waals surface area contributed by atoms with Crippen LogP contribution in [0.5, 0.6) is 5.75 Å². The normalized spacial score (nSPS) is 10.3. The largest absolute Gasteiger partial charge is 0.483 e. The minimum atomic E-state index is 0.155. The number of para-hydroxylation sites is 1. The standard InChI is InChI=1S/C15H12N4O2/c16-8-13-14(11-5-1-2-6-12(11)21-13)20-9-10-4-3-7-18-15(10)19-17/h1-7H,9,17H2,(H,18,19). The fourth-order valence-electron chi connectivity index (χ4n) is 2.07. The van der Waals surface area contributed by atoms with Gasteiger partial charge in [0.05, 0.1) is 5.39 Å². The van der Waals surface area contributed by atoms with Crippen LogP contribution in [-0.2, 0) is 6.61 Å². The van der Waals surface area contributed by atoms with Crippen molar-refractivity contribution in [2.75, 3.05) is 5.43 Å². The summed E-state index contributed by atoms with van der Waals surface area (Å²) in [7, 11) is 0. The molecule has 6 nitrogen and oxygen atoms in total. The fourth-order valence-corrected chi connectivity index (χ4v) is 2.07. The minimum Gasteiger partial charge on any atom is -0.483 e. The Hall–Kier alpha value is -3.04. The monoisotopic (exact) mass is 280 g/mol. The summed E-state index contributed by atoms with van der Waals surface area (Å²) < 4.78 is 11.2. The molecule has 0 bridgehead atoms. The van der Waals surface area contributed by atoms with Crippen molar-refractivity contribution in [1.82, 2.24) is 4.98 Å². The first-order valence-corrected chi connectivity index (χ1v) is 6.28. The zero-order chi connectivity index (χ0) is 14.7. The van der Waals surface area contributed by atoms with E-state index < -0.39 is 0 Å². The minimum absolute atomic E-state index is 0.155. The molecule has 3 N–H and O–H groups in total. The maximum atomic E-state index is 9.15. The highest BCUT2D eigenvalue weighted by Crippen LogP contribution is 2.33. The molecule has 3 rings (SSSR count). The first-order valence-electron chi connectivity index (χ1n) is 6.28. The van der Waals surface area contributed by atoms with Gasteiger partial charge in [0.25, 0.3) is 0 Å². The van der Waals surface area contributed by atoms with Gasteiger partial charge in [-0.25, -0.2) is 10.8 Å². The van der Waals surface area contributed by atoms with Crippen LogP contribution < -0.4 is 16.0 Å². The van der Waals surface area contributed by atoms with Gasteiger partial charge in [-0.05, 0) is 18.2 Å². The van der Waals surface area contributed by atoms with E-state index in [2.05, 4.69) is 10.4 Å². The summed E-state index contributed by atoms with van der Waals surface area (Å²) in [5.41, 5.74) is 3.92. The second-order valence-corrected chi connectivity index (χ2v) is 4.31. The number of hydrazine groups is 1. The van der Waals surface area contributed by atoms with Gasteiger partial charge in [0.15, 0.2) is 5.75 Å². The van der Waals surface area contributed by atoms with Gasteiger partial charge in [-0.15, -0.1) is 0 Å². The number of nitrogens with zero attached hydrogens (tertiary/aromatic N) is 2. The number of fused-ring (bicyclic) bond motifs is 1. The number of hydrogen-bond donors (Lipinski definition) is 2. The Balaban J connectivity index is 1.93. The molecule has 0 saturated carbocycles. The Morgan fingerprint density at radius 1 is 1.29 bits per heavy atom. The van der Waals surface area contributed by atoms with Crippen LogP contribution in [0.2, 0.25) is 0 Å². The maximum absolute atomic E-state index is 9.15. The highest BCUT2D eigenvalue weighted by Gasteiger charge is 2.15. The molecule has 6 heteroatoms. The van der Waals surface area contributed by atoms with Crippen molar-refractivity contribution in [3.05, 3.63) is 53.9 Å². The highest BCUT2D eigenvalue weighted by molar-refractivity contribution is 5.86. The smallest absolute Gasteiger partial charge is 0.246 e. The van der Waals surface area contributed by atoms with Gasteiger partial charge >= 0.3 is 0 Å². The van der Waals surface area contributed by atoms with Crippen LogP contribution in [0.25, 0.3) is 11.0 Å². The molecule has 0 aliphatic carbocycles. The number of rotatable bonds is 4. The van der Waals surface area contributed by atoms with Gasteiger partial charge in [0.1, 0.15) is 24.1 Å². The second-order valence-electron chi connectivity index (χ2n) is 4.31. The third-order valence-electron chi connectivity index (χ3n) is 3.05. The summed E-state index contributed by atoms with van der Waals surface area (Å²) in [6.45, 7) is 0.228. The molecular formula is C15H12N4O2. The molecule has 0 spiro atoms. The van der Waals surface area contributed by atoms with Crippen molar-refractivity contribution in [1.29, 1.82) is 5.26 Å². The third kappa shape index (κ3) is 2.38. The number of furan rings is 1. The van der Waals surface area contributed by atoms with Gasteiger partial charge in [-0.2, -0.15) is 5.26 Å². The van der Waals surface area contributed by atoms with E-state index in [0.29, 0.717) is 17.2 Å². The summed E-state index contributed by atoms with van der Waals surface area (Å²) >= 11 is 0. The molecule has 104 valence electrons. The van der Waals surface area contributed by atoms with Crippen LogP contribution in [0.15, 0.2) is 47.0 Å². The Labute approximate surface area is 120 Å². The van der Waals surface area contributed by atoms with Crippen LogP contribution in [0.4, 0.5) is 5.82 Å². The lowest BCUT2D eigenvalue weighted by molar-refractivity contribution is 0.304. The van der Waals surface area contributed by atoms with Gasteiger partial charge in [-0.3, -0.25) is 0 Å². The van der Waals surface area contributed by atoms with Crippen molar-refractivity contribution in [3.8, 4) is 11.8 Å². The number of nitrogens with two attached hydrogens (primary N) is 1. The van der Waals surface area contributed by atoms with Gasteiger partial charge in [0, 0.05) is 11.8 Å². The molecule has 0 amide bonds. The SMILES string of the molecule is N#Cc1oc2ccccc2c1OCc1cccnc1NN. The number of pyridine rings is 1. The van der Waals surface area contributed by atoms with E-state index in [1.807, 2.05) is 30.3 Å². The van der Waals surface area contributed by atoms with E-state index in [-0.39, 0.29) is 12.4 Å². The van der Waals surface area contributed by atoms with Gasteiger partial charge in [-0.1, -0.05) is 18.2 Å². The van der Waals surface area contributed by atoms with Crippen molar-refractivity contribution in [3.63, 3.8) is 0 Å². The highest BCUT2D eigenvalue weighted by atomic mass is 16.5. The quantitative estimate of drug-likeness (QED) is 0.563. The zero-order valence-electron chi connectivity index (χ0n) is 11.0. The van der Waals surface area contributed by atoms with Crippen molar-refractivity contribution >= 4 is 16.8 Å². The number of aromatic nitrogens is 1. The molecule has 0 atom stereocenters. The average molecular weight is 280 g/mol. The number of ether oxygens (including phenoxy) is 1. The number of benzene rings is 1. The predicted molar refractivity (Wildman–Crippen MR) is 77.3 cm³/mol. The molecule has 0 aliphatic heterocycles. The number of hydrogen-bond acceptors (Lipinski definition) is 6. The molecule has 0 saturated heterocycles. The Morgan fingerprint density at radius 3 is 2.95 bits per heavy atom. The third-order valence-corrected chi connectivity index (χ3v) is 3.05. The summed E-state index contributed by atoms with van der Waals surface area (Å²) in [6.07, 6.45) is 1.63. The van der Waals surface area contributed by atoms with E-state index in [9.17, 15) is 0 Å².